The quantitative estimate of drug-likeness (QED) is 0.347. The van der Waals surface area contributed by atoms with Crippen molar-refractivity contribution < 1.29 is 10.0 Å². The van der Waals surface area contributed by atoms with E-state index in [-0.39, 0.29) is 11.7 Å². The number of aromatic nitrogens is 1. The van der Waals surface area contributed by atoms with Gasteiger partial charge >= 0.3 is 0 Å². The van der Waals surface area contributed by atoms with Crippen molar-refractivity contribution in [2.75, 3.05) is 32.1 Å². The molecule has 0 aromatic carbocycles. The van der Waals surface area contributed by atoms with E-state index in [4.69, 9.17) is 10.9 Å². The van der Waals surface area contributed by atoms with Gasteiger partial charge in [0, 0.05) is 45.5 Å². The summed E-state index contributed by atoms with van der Waals surface area (Å²) in [6.07, 6.45) is 2.06. The van der Waals surface area contributed by atoms with Crippen LogP contribution in [-0.2, 0) is 0 Å². The summed E-state index contributed by atoms with van der Waals surface area (Å²) >= 11 is 0. The number of amidine groups is 1. The van der Waals surface area contributed by atoms with Crippen LogP contribution in [-0.4, -0.2) is 54.0 Å². The van der Waals surface area contributed by atoms with Crippen molar-refractivity contribution in [2.45, 2.75) is 13.3 Å². The molecule has 1 heterocycles. The Hall–Kier alpha value is -2.31. The van der Waals surface area contributed by atoms with E-state index in [2.05, 4.69) is 10.1 Å². The zero-order chi connectivity index (χ0) is 15.1. The van der Waals surface area contributed by atoms with Crippen LogP contribution >= 0.6 is 0 Å². The third-order valence-electron chi connectivity index (χ3n) is 2.88. The van der Waals surface area contributed by atoms with Crippen LogP contribution in [0, 0.1) is 0 Å². The van der Waals surface area contributed by atoms with E-state index in [0.717, 1.165) is 12.2 Å². The SMILES string of the molecule is CCN(CCC(N)=NO)c1ccnc(C(=O)N(C)C)c1. The molecule has 1 aromatic heterocycles. The minimum atomic E-state index is -0.140. The highest BCUT2D eigenvalue weighted by molar-refractivity contribution is 5.92. The van der Waals surface area contributed by atoms with Gasteiger partial charge in [-0.3, -0.25) is 9.78 Å². The molecule has 0 spiro atoms. The summed E-state index contributed by atoms with van der Waals surface area (Å²) in [7, 11) is 3.37. The molecule has 7 nitrogen and oxygen atoms in total. The Balaban J connectivity index is 2.88. The second-order valence-corrected chi connectivity index (χ2v) is 4.52. The van der Waals surface area contributed by atoms with Crippen LogP contribution in [0.25, 0.3) is 0 Å². The molecular weight excluding hydrogens is 258 g/mol. The number of carbonyl (C=O) groups is 1. The van der Waals surface area contributed by atoms with E-state index in [9.17, 15) is 4.79 Å². The maximum absolute atomic E-state index is 11.9. The Morgan fingerprint density at radius 2 is 2.20 bits per heavy atom. The van der Waals surface area contributed by atoms with Gasteiger partial charge in [-0.2, -0.15) is 0 Å². The summed E-state index contributed by atoms with van der Waals surface area (Å²) in [6, 6.07) is 3.58. The van der Waals surface area contributed by atoms with E-state index in [1.165, 1.54) is 4.90 Å². The topological polar surface area (TPSA) is 95.0 Å². The summed E-state index contributed by atoms with van der Waals surface area (Å²) < 4.78 is 0. The molecule has 110 valence electrons. The van der Waals surface area contributed by atoms with Crippen LogP contribution in [0.15, 0.2) is 23.5 Å². The van der Waals surface area contributed by atoms with Gasteiger partial charge in [-0.1, -0.05) is 5.16 Å². The number of amides is 1. The summed E-state index contributed by atoms with van der Waals surface area (Å²) in [5, 5.41) is 11.5. The maximum Gasteiger partial charge on any atom is 0.272 e. The summed E-state index contributed by atoms with van der Waals surface area (Å²) in [5.74, 6) is 0.0430. The molecule has 0 aliphatic carbocycles. The molecule has 1 rings (SSSR count). The summed E-state index contributed by atoms with van der Waals surface area (Å²) in [6.45, 7) is 3.35. The van der Waals surface area contributed by atoms with Gasteiger partial charge in [0.2, 0.25) is 0 Å². The zero-order valence-corrected chi connectivity index (χ0v) is 12.1. The highest BCUT2D eigenvalue weighted by Gasteiger charge is 2.12. The number of pyridine rings is 1. The van der Waals surface area contributed by atoms with Crippen molar-refractivity contribution >= 4 is 17.4 Å². The Kier molecular flexibility index (Phi) is 5.76. The van der Waals surface area contributed by atoms with Crippen LogP contribution < -0.4 is 10.6 Å². The second kappa shape index (κ2) is 7.32. The normalized spacial score (nSPS) is 11.2. The molecule has 0 unspecified atom stereocenters. The first-order valence-electron chi connectivity index (χ1n) is 6.38. The van der Waals surface area contributed by atoms with Crippen molar-refractivity contribution in [3.8, 4) is 0 Å². The number of rotatable bonds is 6. The lowest BCUT2D eigenvalue weighted by Crippen LogP contribution is -2.29. The number of hydrogen-bond acceptors (Lipinski definition) is 5. The maximum atomic E-state index is 11.9. The van der Waals surface area contributed by atoms with Crippen LogP contribution in [0.5, 0.6) is 0 Å². The van der Waals surface area contributed by atoms with Crippen LogP contribution in [0.4, 0.5) is 5.69 Å². The average Bonchev–Trinajstić information content (AvgIpc) is 2.46. The standard InChI is InChI=1S/C13H21N5O2/c1-4-18(8-6-12(14)16-20)10-5-7-15-11(9-10)13(19)17(2)3/h5,7,9,20H,4,6,8H2,1-3H3,(H2,14,16). The number of carbonyl (C=O) groups excluding carboxylic acids is 1. The zero-order valence-electron chi connectivity index (χ0n) is 12.1. The van der Waals surface area contributed by atoms with Crippen molar-refractivity contribution in [2.24, 2.45) is 10.9 Å². The molecule has 1 amide bonds. The fraction of sp³-hybridized carbons (Fsp3) is 0.462. The Morgan fingerprint density at radius 3 is 2.75 bits per heavy atom. The van der Waals surface area contributed by atoms with E-state index in [1.54, 1.807) is 26.4 Å². The Morgan fingerprint density at radius 1 is 1.50 bits per heavy atom. The van der Waals surface area contributed by atoms with E-state index in [1.807, 2.05) is 17.9 Å². The molecule has 0 fully saturated rings. The molecule has 20 heavy (non-hydrogen) atoms. The fourth-order valence-electron chi connectivity index (χ4n) is 1.73. The van der Waals surface area contributed by atoms with Gasteiger partial charge in [0.1, 0.15) is 11.5 Å². The minimum absolute atomic E-state index is 0.140. The molecule has 0 radical (unpaired) electrons. The van der Waals surface area contributed by atoms with E-state index < -0.39 is 0 Å². The van der Waals surface area contributed by atoms with Crippen molar-refractivity contribution in [3.63, 3.8) is 0 Å². The molecular formula is C13H21N5O2. The number of nitrogens with zero attached hydrogens (tertiary/aromatic N) is 4. The van der Waals surface area contributed by atoms with Crippen LogP contribution in [0.1, 0.15) is 23.8 Å². The van der Waals surface area contributed by atoms with Gasteiger partial charge in [0.05, 0.1) is 0 Å². The molecule has 0 aliphatic rings. The van der Waals surface area contributed by atoms with Gasteiger partial charge in [-0.05, 0) is 19.1 Å². The number of anilines is 1. The minimum Gasteiger partial charge on any atom is -0.409 e. The van der Waals surface area contributed by atoms with Crippen LogP contribution in [0.3, 0.4) is 0 Å². The van der Waals surface area contributed by atoms with E-state index >= 15 is 0 Å². The molecule has 0 saturated heterocycles. The lowest BCUT2D eigenvalue weighted by atomic mass is 10.2. The van der Waals surface area contributed by atoms with Crippen molar-refractivity contribution in [3.05, 3.63) is 24.0 Å². The Bertz CT molecular complexity index is 487. The lowest BCUT2D eigenvalue weighted by molar-refractivity contribution is 0.0822. The van der Waals surface area contributed by atoms with Gasteiger partial charge in [0.25, 0.3) is 5.91 Å². The molecule has 7 heteroatoms. The summed E-state index contributed by atoms with van der Waals surface area (Å²) in [4.78, 5) is 19.5. The molecule has 3 N–H and O–H groups in total. The predicted octanol–water partition coefficient (Wildman–Crippen LogP) is 0.746. The number of hydrogen-bond donors (Lipinski definition) is 2. The van der Waals surface area contributed by atoms with Gasteiger partial charge in [-0.25, -0.2) is 0 Å². The third-order valence-corrected chi connectivity index (χ3v) is 2.88. The van der Waals surface area contributed by atoms with E-state index in [0.29, 0.717) is 18.7 Å². The molecule has 1 aromatic rings. The molecule has 0 aliphatic heterocycles. The Labute approximate surface area is 118 Å². The van der Waals surface area contributed by atoms with Gasteiger partial charge < -0.3 is 20.7 Å². The predicted molar refractivity (Wildman–Crippen MR) is 78.2 cm³/mol. The van der Waals surface area contributed by atoms with Crippen molar-refractivity contribution in [1.29, 1.82) is 0 Å². The van der Waals surface area contributed by atoms with Crippen molar-refractivity contribution in [1.82, 2.24) is 9.88 Å². The average molecular weight is 279 g/mol. The van der Waals surface area contributed by atoms with Crippen LogP contribution in [0.2, 0.25) is 0 Å². The summed E-state index contributed by atoms with van der Waals surface area (Å²) in [5.41, 5.74) is 6.76. The van der Waals surface area contributed by atoms with Gasteiger partial charge in [-0.15, -0.1) is 0 Å². The number of oxime groups is 1. The highest BCUT2D eigenvalue weighted by Crippen LogP contribution is 2.15. The first-order valence-corrected chi connectivity index (χ1v) is 6.38. The molecule has 0 atom stereocenters. The van der Waals surface area contributed by atoms with Gasteiger partial charge in [0.15, 0.2) is 0 Å². The smallest absolute Gasteiger partial charge is 0.272 e. The first-order chi connectivity index (χ1) is 9.49. The molecule has 0 saturated carbocycles. The monoisotopic (exact) mass is 279 g/mol. The highest BCUT2D eigenvalue weighted by atomic mass is 16.4. The fourth-order valence-corrected chi connectivity index (χ4v) is 1.73. The first kappa shape index (κ1) is 15.7. The number of nitrogens with two attached hydrogens (primary N) is 1. The second-order valence-electron chi connectivity index (χ2n) is 4.52. The third kappa shape index (κ3) is 4.11. The largest absolute Gasteiger partial charge is 0.409 e. The lowest BCUT2D eigenvalue weighted by Gasteiger charge is -2.23. The molecule has 0 bridgehead atoms.